The molecule has 0 atom stereocenters. The number of aryl methyl sites for hydroxylation is 2. The van der Waals surface area contributed by atoms with Crippen molar-refractivity contribution in [2.75, 3.05) is 13.1 Å². The van der Waals surface area contributed by atoms with Crippen LogP contribution in [-0.2, 0) is 13.0 Å². The van der Waals surface area contributed by atoms with E-state index < -0.39 is 0 Å². The molecule has 0 amide bonds. The fourth-order valence-corrected chi connectivity index (χ4v) is 2.65. The molecule has 1 N–H and O–H groups in total. The molecule has 0 bridgehead atoms. The summed E-state index contributed by atoms with van der Waals surface area (Å²) in [6.07, 6.45) is 3.51. The van der Waals surface area contributed by atoms with Crippen LogP contribution in [0.1, 0.15) is 25.6 Å². The van der Waals surface area contributed by atoms with Crippen LogP contribution in [0.3, 0.4) is 0 Å². The number of aromatic nitrogens is 2. The van der Waals surface area contributed by atoms with Crippen molar-refractivity contribution in [1.82, 2.24) is 14.9 Å². The predicted molar refractivity (Wildman–Crippen MR) is 74.7 cm³/mol. The van der Waals surface area contributed by atoms with Gasteiger partial charge < -0.3 is 9.88 Å². The standard InChI is InChI=1S/C15H21N3/c1-2-5-15-17-13-6-3-4-7-14(13)18(15)9-8-12-10-16-11-12/h3-4,6-7,12,16H,2,5,8-11H2,1H3. The summed E-state index contributed by atoms with van der Waals surface area (Å²) in [7, 11) is 0. The Kier molecular flexibility index (Phi) is 3.33. The number of hydrogen-bond donors (Lipinski definition) is 1. The summed E-state index contributed by atoms with van der Waals surface area (Å²) in [4.78, 5) is 4.77. The van der Waals surface area contributed by atoms with Gasteiger partial charge in [-0.2, -0.15) is 0 Å². The minimum Gasteiger partial charge on any atom is -0.328 e. The lowest BCUT2D eigenvalue weighted by molar-refractivity contribution is 0.312. The van der Waals surface area contributed by atoms with Crippen molar-refractivity contribution in [3.8, 4) is 0 Å². The number of fused-ring (bicyclic) bond motifs is 1. The van der Waals surface area contributed by atoms with Crippen LogP contribution in [0, 0.1) is 5.92 Å². The minimum atomic E-state index is 0.862. The van der Waals surface area contributed by atoms with E-state index in [2.05, 4.69) is 41.1 Å². The van der Waals surface area contributed by atoms with Crippen LogP contribution in [0.2, 0.25) is 0 Å². The first-order chi connectivity index (χ1) is 8.88. The molecule has 0 unspecified atom stereocenters. The maximum atomic E-state index is 4.77. The Morgan fingerprint density at radius 2 is 2.17 bits per heavy atom. The van der Waals surface area contributed by atoms with E-state index >= 15 is 0 Å². The Balaban J connectivity index is 1.87. The normalized spacial score (nSPS) is 16.1. The van der Waals surface area contributed by atoms with Crippen LogP contribution in [0.5, 0.6) is 0 Å². The summed E-state index contributed by atoms with van der Waals surface area (Å²) in [6, 6.07) is 8.50. The molecule has 0 radical (unpaired) electrons. The van der Waals surface area contributed by atoms with Crippen LogP contribution in [0.15, 0.2) is 24.3 Å². The van der Waals surface area contributed by atoms with Gasteiger partial charge in [-0.1, -0.05) is 19.1 Å². The Morgan fingerprint density at radius 3 is 2.89 bits per heavy atom. The second kappa shape index (κ2) is 5.11. The topological polar surface area (TPSA) is 29.9 Å². The Labute approximate surface area is 108 Å². The van der Waals surface area contributed by atoms with Crippen molar-refractivity contribution < 1.29 is 0 Å². The van der Waals surface area contributed by atoms with Gasteiger partial charge in [0, 0.05) is 13.0 Å². The molecule has 0 saturated carbocycles. The lowest BCUT2D eigenvalue weighted by atomic mass is 9.99. The highest BCUT2D eigenvalue weighted by molar-refractivity contribution is 5.75. The number of imidazole rings is 1. The number of para-hydroxylation sites is 2. The zero-order valence-corrected chi connectivity index (χ0v) is 11.0. The smallest absolute Gasteiger partial charge is 0.109 e. The van der Waals surface area contributed by atoms with Crippen molar-refractivity contribution in [2.45, 2.75) is 32.7 Å². The van der Waals surface area contributed by atoms with Gasteiger partial charge in [0.2, 0.25) is 0 Å². The molecule has 18 heavy (non-hydrogen) atoms. The summed E-state index contributed by atoms with van der Waals surface area (Å²) in [5.41, 5.74) is 2.45. The van der Waals surface area contributed by atoms with E-state index in [1.807, 2.05) is 0 Å². The van der Waals surface area contributed by atoms with Gasteiger partial charge in [-0.05, 0) is 44.0 Å². The van der Waals surface area contributed by atoms with E-state index in [0.29, 0.717) is 0 Å². The monoisotopic (exact) mass is 243 g/mol. The third-order valence-electron chi connectivity index (χ3n) is 3.83. The van der Waals surface area contributed by atoms with E-state index in [-0.39, 0.29) is 0 Å². The molecule has 0 aliphatic carbocycles. The average Bonchev–Trinajstić information content (AvgIpc) is 2.66. The summed E-state index contributed by atoms with van der Waals surface area (Å²) < 4.78 is 2.43. The van der Waals surface area contributed by atoms with Crippen LogP contribution < -0.4 is 5.32 Å². The molecule has 2 aromatic rings. The Hall–Kier alpha value is -1.35. The quantitative estimate of drug-likeness (QED) is 0.874. The van der Waals surface area contributed by atoms with Crippen LogP contribution >= 0.6 is 0 Å². The van der Waals surface area contributed by atoms with Gasteiger partial charge in [-0.3, -0.25) is 0 Å². The van der Waals surface area contributed by atoms with E-state index in [1.165, 1.54) is 30.9 Å². The first-order valence-electron chi connectivity index (χ1n) is 7.03. The van der Waals surface area contributed by atoms with Gasteiger partial charge in [-0.25, -0.2) is 4.98 Å². The molecule has 1 aromatic carbocycles. The number of benzene rings is 1. The largest absolute Gasteiger partial charge is 0.328 e. The van der Waals surface area contributed by atoms with Gasteiger partial charge in [-0.15, -0.1) is 0 Å². The fraction of sp³-hybridized carbons (Fsp3) is 0.533. The molecule has 0 spiro atoms. The molecule has 2 heterocycles. The van der Waals surface area contributed by atoms with Gasteiger partial charge in [0.15, 0.2) is 0 Å². The third kappa shape index (κ3) is 2.15. The summed E-state index contributed by atoms with van der Waals surface area (Å²) in [5.74, 6) is 2.12. The zero-order valence-electron chi connectivity index (χ0n) is 11.0. The molecule has 1 aliphatic rings. The Morgan fingerprint density at radius 1 is 1.33 bits per heavy atom. The zero-order chi connectivity index (χ0) is 12.4. The predicted octanol–water partition coefficient (Wildman–Crippen LogP) is 2.60. The van der Waals surface area contributed by atoms with Crippen molar-refractivity contribution in [3.63, 3.8) is 0 Å². The van der Waals surface area contributed by atoms with Crippen LogP contribution in [-0.4, -0.2) is 22.6 Å². The second-order valence-corrected chi connectivity index (χ2v) is 5.23. The van der Waals surface area contributed by atoms with Crippen LogP contribution in [0.25, 0.3) is 11.0 Å². The van der Waals surface area contributed by atoms with Crippen molar-refractivity contribution in [2.24, 2.45) is 5.92 Å². The molecule has 3 rings (SSSR count). The molecular weight excluding hydrogens is 222 g/mol. The third-order valence-corrected chi connectivity index (χ3v) is 3.83. The highest BCUT2D eigenvalue weighted by atomic mass is 15.1. The first kappa shape index (κ1) is 11.7. The molecule has 3 nitrogen and oxygen atoms in total. The molecule has 96 valence electrons. The lowest BCUT2D eigenvalue weighted by Gasteiger charge is -2.27. The van der Waals surface area contributed by atoms with E-state index in [4.69, 9.17) is 4.98 Å². The molecule has 1 aromatic heterocycles. The van der Waals surface area contributed by atoms with Gasteiger partial charge in [0.1, 0.15) is 5.82 Å². The highest BCUT2D eigenvalue weighted by Gasteiger charge is 2.17. The maximum absolute atomic E-state index is 4.77. The van der Waals surface area contributed by atoms with Gasteiger partial charge >= 0.3 is 0 Å². The molecule has 1 aliphatic heterocycles. The first-order valence-corrected chi connectivity index (χ1v) is 7.03. The lowest BCUT2D eigenvalue weighted by Crippen LogP contribution is -2.42. The Bertz CT molecular complexity index is 526. The molecule has 1 fully saturated rings. The average molecular weight is 243 g/mol. The number of rotatable bonds is 5. The minimum absolute atomic E-state index is 0.862. The summed E-state index contributed by atoms with van der Waals surface area (Å²) in [6.45, 7) is 5.72. The fourth-order valence-electron chi connectivity index (χ4n) is 2.65. The number of nitrogens with zero attached hydrogens (tertiary/aromatic N) is 2. The van der Waals surface area contributed by atoms with Gasteiger partial charge in [0.05, 0.1) is 11.0 Å². The van der Waals surface area contributed by atoms with Crippen molar-refractivity contribution in [1.29, 1.82) is 0 Å². The van der Waals surface area contributed by atoms with Crippen LogP contribution in [0.4, 0.5) is 0 Å². The SMILES string of the molecule is CCCc1nc2ccccc2n1CCC1CNC1. The van der Waals surface area contributed by atoms with Gasteiger partial charge in [0.25, 0.3) is 0 Å². The molecule has 3 heteroatoms. The highest BCUT2D eigenvalue weighted by Crippen LogP contribution is 2.19. The molecule has 1 saturated heterocycles. The summed E-state index contributed by atoms with van der Waals surface area (Å²) >= 11 is 0. The number of hydrogen-bond acceptors (Lipinski definition) is 2. The van der Waals surface area contributed by atoms with Crippen molar-refractivity contribution in [3.05, 3.63) is 30.1 Å². The van der Waals surface area contributed by atoms with E-state index in [9.17, 15) is 0 Å². The molecular formula is C15H21N3. The van der Waals surface area contributed by atoms with E-state index in [1.54, 1.807) is 0 Å². The number of nitrogens with one attached hydrogen (secondary N) is 1. The van der Waals surface area contributed by atoms with Crippen molar-refractivity contribution >= 4 is 11.0 Å². The maximum Gasteiger partial charge on any atom is 0.109 e. The van der Waals surface area contributed by atoms with E-state index in [0.717, 1.165) is 30.8 Å². The summed E-state index contributed by atoms with van der Waals surface area (Å²) in [5, 5.41) is 3.34. The second-order valence-electron chi connectivity index (χ2n) is 5.23.